The summed E-state index contributed by atoms with van der Waals surface area (Å²) in [6.07, 6.45) is 1.67. The van der Waals surface area contributed by atoms with Crippen molar-refractivity contribution < 1.29 is 4.79 Å². The van der Waals surface area contributed by atoms with E-state index in [9.17, 15) is 4.79 Å². The van der Waals surface area contributed by atoms with Gasteiger partial charge in [0.2, 0.25) is 5.91 Å². The van der Waals surface area contributed by atoms with Gasteiger partial charge in [-0.05, 0) is 37.7 Å². The number of amides is 1. The highest BCUT2D eigenvalue weighted by Gasteiger charge is 2.25. The van der Waals surface area contributed by atoms with Gasteiger partial charge in [-0.2, -0.15) is 0 Å². The van der Waals surface area contributed by atoms with E-state index in [0.717, 1.165) is 37.4 Å². The molecule has 6 nitrogen and oxygen atoms in total. The lowest BCUT2D eigenvalue weighted by Gasteiger charge is -2.33. The predicted molar refractivity (Wildman–Crippen MR) is 101 cm³/mol. The van der Waals surface area contributed by atoms with Gasteiger partial charge in [-0.15, -0.1) is 0 Å². The third-order valence-corrected chi connectivity index (χ3v) is 4.59. The van der Waals surface area contributed by atoms with Crippen LogP contribution < -0.4 is 10.6 Å². The highest BCUT2D eigenvalue weighted by Crippen LogP contribution is 2.30. The number of piperazine rings is 1. The van der Waals surface area contributed by atoms with Crippen LogP contribution in [0.3, 0.4) is 0 Å². The highest BCUT2D eigenvalue weighted by molar-refractivity contribution is 6.03. The van der Waals surface area contributed by atoms with Crippen molar-refractivity contribution in [3.05, 3.63) is 48.2 Å². The van der Waals surface area contributed by atoms with Crippen molar-refractivity contribution in [1.82, 2.24) is 14.8 Å². The van der Waals surface area contributed by atoms with Crippen LogP contribution in [-0.4, -0.2) is 60.5 Å². The lowest BCUT2D eigenvalue weighted by molar-refractivity contribution is -0.119. The van der Waals surface area contributed by atoms with Crippen molar-refractivity contribution >= 4 is 23.1 Å². The molecule has 3 rings (SSSR count). The number of aryl methyl sites for hydroxylation is 1. The smallest absolute Gasteiger partial charge is 0.246 e. The van der Waals surface area contributed by atoms with Crippen LogP contribution in [0, 0.1) is 6.92 Å². The summed E-state index contributed by atoms with van der Waals surface area (Å²) < 4.78 is 0. The molecule has 132 valence electrons. The van der Waals surface area contributed by atoms with E-state index in [4.69, 9.17) is 5.73 Å². The zero-order valence-corrected chi connectivity index (χ0v) is 14.9. The maximum atomic E-state index is 13.2. The average molecular weight is 339 g/mol. The number of pyridine rings is 1. The van der Waals surface area contributed by atoms with E-state index < -0.39 is 0 Å². The molecule has 0 radical (unpaired) electrons. The van der Waals surface area contributed by atoms with Crippen molar-refractivity contribution in [3.63, 3.8) is 0 Å². The molecule has 0 saturated carbocycles. The second kappa shape index (κ2) is 7.63. The maximum absolute atomic E-state index is 13.2. The number of aromatic nitrogens is 1. The van der Waals surface area contributed by atoms with Gasteiger partial charge in [0.15, 0.2) is 5.82 Å². The van der Waals surface area contributed by atoms with Gasteiger partial charge in [-0.1, -0.05) is 18.2 Å². The first-order valence-corrected chi connectivity index (χ1v) is 8.56. The Kier molecular flexibility index (Phi) is 5.31. The highest BCUT2D eigenvalue weighted by atomic mass is 16.2. The molecule has 6 heteroatoms. The number of rotatable bonds is 4. The summed E-state index contributed by atoms with van der Waals surface area (Å²) in [7, 11) is 2.10. The van der Waals surface area contributed by atoms with Crippen LogP contribution in [0.15, 0.2) is 42.6 Å². The number of nitrogen functional groups attached to an aromatic ring is 1. The Morgan fingerprint density at radius 3 is 2.56 bits per heavy atom. The van der Waals surface area contributed by atoms with E-state index >= 15 is 0 Å². The molecule has 0 spiro atoms. The Bertz CT molecular complexity index is 695. The minimum absolute atomic E-state index is 0.00995. The fourth-order valence-corrected chi connectivity index (χ4v) is 3.05. The second-order valence-corrected chi connectivity index (χ2v) is 6.51. The second-order valence-electron chi connectivity index (χ2n) is 6.51. The van der Waals surface area contributed by atoms with Crippen molar-refractivity contribution in [1.29, 1.82) is 0 Å². The van der Waals surface area contributed by atoms with Crippen molar-refractivity contribution in [2.24, 2.45) is 0 Å². The lowest BCUT2D eigenvalue weighted by Crippen LogP contribution is -2.48. The molecule has 1 aliphatic heterocycles. The summed E-state index contributed by atoms with van der Waals surface area (Å²) in [5.74, 6) is 0.486. The van der Waals surface area contributed by atoms with Gasteiger partial charge in [-0.25, -0.2) is 4.98 Å². The zero-order chi connectivity index (χ0) is 17.8. The van der Waals surface area contributed by atoms with E-state index in [-0.39, 0.29) is 5.91 Å². The number of anilines is 3. The first kappa shape index (κ1) is 17.4. The molecule has 2 N–H and O–H groups in total. The minimum atomic E-state index is -0.00995. The van der Waals surface area contributed by atoms with Crippen LogP contribution in [0.5, 0.6) is 0 Å². The zero-order valence-electron chi connectivity index (χ0n) is 14.9. The monoisotopic (exact) mass is 339 g/mol. The molecular weight excluding hydrogens is 314 g/mol. The Hall–Kier alpha value is -2.44. The minimum Gasteiger partial charge on any atom is -0.396 e. The fourth-order valence-electron chi connectivity index (χ4n) is 3.05. The quantitative estimate of drug-likeness (QED) is 0.921. The van der Waals surface area contributed by atoms with Gasteiger partial charge in [-0.3, -0.25) is 14.6 Å². The average Bonchev–Trinajstić information content (AvgIpc) is 2.60. The molecule has 1 aromatic heterocycles. The molecule has 1 amide bonds. The SMILES string of the molecule is Cc1ccccc1N(C(=O)CN1CCN(C)CC1)c1ncccc1N. The van der Waals surface area contributed by atoms with Crippen LogP contribution in [0.2, 0.25) is 0 Å². The molecule has 2 heterocycles. The largest absolute Gasteiger partial charge is 0.396 e. The Labute approximate surface area is 148 Å². The number of hydrogen-bond donors (Lipinski definition) is 1. The summed E-state index contributed by atoms with van der Waals surface area (Å²) in [4.78, 5) is 23.7. The molecule has 0 unspecified atom stereocenters. The topological polar surface area (TPSA) is 65.7 Å². The summed E-state index contributed by atoms with van der Waals surface area (Å²) >= 11 is 0. The number of benzene rings is 1. The van der Waals surface area contributed by atoms with Crippen LogP contribution in [0.4, 0.5) is 17.2 Å². The van der Waals surface area contributed by atoms with Crippen molar-refractivity contribution in [2.45, 2.75) is 6.92 Å². The first-order valence-electron chi connectivity index (χ1n) is 8.56. The number of hydrogen-bond acceptors (Lipinski definition) is 5. The third kappa shape index (κ3) is 3.97. The number of para-hydroxylation sites is 1. The van der Waals surface area contributed by atoms with Crippen LogP contribution in [0.25, 0.3) is 0 Å². The number of carbonyl (C=O) groups excluding carboxylic acids is 1. The Morgan fingerprint density at radius 1 is 1.16 bits per heavy atom. The predicted octanol–water partition coefficient (Wildman–Crippen LogP) is 1.88. The summed E-state index contributed by atoms with van der Waals surface area (Å²) in [5, 5.41) is 0. The molecule has 1 aliphatic rings. The van der Waals surface area contributed by atoms with Gasteiger partial charge < -0.3 is 10.6 Å². The number of nitrogens with zero attached hydrogens (tertiary/aromatic N) is 4. The molecule has 2 aromatic rings. The van der Waals surface area contributed by atoms with Crippen molar-refractivity contribution in [3.8, 4) is 0 Å². The van der Waals surface area contributed by atoms with Gasteiger partial charge in [0.05, 0.1) is 17.9 Å². The van der Waals surface area contributed by atoms with Crippen LogP contribution in [-0.2, 0) is 4.79 Å². The summed E-state index contributed by atoms with van der Waals surface area (Å²) in [6, 6.07) is 11.4. The molecule has 25 heavy (non-hydrogen) atoms. The van der Waals surface area contributed by atoms with Gasteiger partial charge >= 0.3 is 0 Å². The molecule has 1 saturated heterocycles. The van der Waals surface area contributed by atoms with Gasteiger partial charge in [0, 0.05) is 32.4 Å². The van der Waals surface area contributed by atoms with Crippen LogP contribution >= 0.6 is 0 Å². The summed E-state index contributed by atoms with van der Waals surface area (Å²) in [5.41, 5.74) is 8.46. The lowest BCUT2D eigenvalue weighted by atomic mass is 10.1. The normalized spacial score (nSPS) is 15.9. The number of likely N-dealkylation sites (N-methyl/N-ethyl adjacent to an activating group) is 1. The molecular formula is C19H25N5O. The molecule has 0 bridgehead atoms. The van der Waals surface area contributed by atoms with E-state index in [1.165, 1.54) is 0 Å². The number of nitrogens with two attached hydrogens (primary N) is 1. The first-order chi connectivity index (χ1) is 12.1. The molecule has 1 fully saturated rings. The summed E-state index contributed by atoms with van der Waals surface area (Å²) in [6.45, 7) is 6.08. The van der Waals surface area contributed by atoms with E-state index in [2.05, 4.69) is 21.8 Å². The van der Waals surface area contributed by atoms with E-state index in [1.54, 1.807) is 23.2 Å². The Morgan fingerprint density at radius 2 is 1.88 bits per heavy atom. The molecule has 0 aliphatic carbocycles. The van der Waals surface area contributed by atoms with Crippen LogP contribution in [0.1, 0.15) is 5.56 Å². The molecule has 1 aromatic carbocycles. The number of carbonyl (C=O) groups is 1. The standard InChI is InChI=1S/C19H25N5O/c1-15-6-3-4-8-17(15)24(19-16(20)7-5-9-21-19)18(25)14-23-12-10-22(2)11-13-23/h3-9H,10-14,20H2,1-2H3. The maximum Gasteiger partial charge on any atom is 0.246 e. The van der Waals surface area contributed by atoms with Gasteiger partial charge in [0.1, 0.15) is 0 Å². The Balaban J connectivity index is 1.90. The van der Waals surface area contributed by atoms with E-state index in [1.807, 2.05) is 31.2 Å². The third-order valence-electron chi connectivity index (χ3n) is 4.59. The molecule has 0 atom stereocenters. The van der Waals surface area contributed by atoms with Crippen molar-refractivity contribution in [2.75, 3.05) is 50.4 Å². The fraction of sp³-hybridized carbons (Fsp3) is 0.368. The van der Waals surface area contributed by atoms with E-state index in [0.29, 0.717) is 18.1 Å². The van der Waals surface area contributed by atoms with Gasteiger partial charge in [0.25, 0.3) is 0 Å².